The molecule has 19 heavy (non-hydrogen) atoms. The van der Waals surface area contributed by atoms with Crippen molar-refractivity contribution < 1.29 is 4.74 Å². The molecule has 0 bridgehead atoms. The normalized spacial score (nSPS) is 10.4. The number of aryl methyl sites for hydroxylation is 1. The van der Waals surface area contributed by atoms with Crippen molar-refractivity contribution in [2.24, 2.45) is 12.8 Å². The number of aromatic nitrogens is 3. The standard InChI is InChI=1S/C12H14N4O2S/c1-15-8-14-16(12(15)17)6-7-18-10-5-3-2-4-9(10)11(13)19/h2-5,8H,6-7H2,1H3,(H2,13,19). The van der Waals surface area contributed by atoms with Crippen LogP contribution >= 0.6 is 12.2 Å². The van der Waals surface area contributed by atoms with E-state index in [1.165, 1.54) is 15.6 Å². The van der Waals surface area contributed by atoms with Crippen molar-refractivity contribution in [1.29, 1.82) is 0 Å². The largest absolute Gasteiger partial charge is 0.491 e. The molecule has 0 aliphatic rings. The van der Waals surface area contributed by atoms with E-state index in [1.54, 1.807) is 19.2 Å². The summed E-state index contributed by atoms with van der Waals surface area (Å²) in [6.07, 6.45) is 1.46. The van der Waals surface area contributed by atoms with Gasteiger partial charge in [-0.2, -0.15) is 5.10 Å². The van der Waals surface area contributed by atoms with Crippen molar-refractivity contribution in [3.63, 3.8) is 0 Å². The Kier molecular flexibility index (Phi) is 3.96. The van der Waals surface area contributed by atoms with Gasteiger partial charge in [-0.1, -0.05) is 24.4 Å². The molecule has 2 N–H and O–H groups in total. The summed E-state index contributed by atoms with van der Waals surface area (Å²) in [6.45, 7) is 0.682. The zero-order chi connectivity index (χ0) is 13.8. The van der Waals surface area contributed by atoms with Crippen LogP contribution in [0.4, 0.5) is 0 Å². The average Bonchev–Trinajstić information content (AvgIpc) is 2.71. The van der Waals surface area contributed by atoms with Crippen molar-refractivity contribution in [3.8, 4) is 5.75 Å². The highest BCUT2D eigenvalue weighted by Crippen LogP contribution is 2.17. The Morgan fingerprint density at radius 2 is 2.21 bits per heavy atom. The molecule has 0 aliphatic heterocycles. The quantitative estimate of drug-likeness (QED) is 0.796. The summed E-state index contributed by atoms with van der Waals surface area (Å²) < 4.78 is 8.33. The van der Waals surface area contributed by atoms with Crippen LogP contribution in [0, 0.1) is 0 Å². The van der Waals surface area contributed by atoms with Gasteiger partial charge in [0.25, 0.3) is 0 Å². The highest BCUT2D eigenvalue weighted by Gasteiger charge is 2.06. The predicted octanol–water partition coefficient (Wildman–Crippen LogP) is 0.295. The summed E-state index contributed by atoms with van der Waals surface area (Å²) in [4.78, 5) is 11.8. The monoisotopic (exact) mass is 278 g/mol. The van der Waals surface area contributed by atoms with Gasteiger partial charge in [-0.3, -0.25) is 4.57 Å². The van der Waals surface area contributed by atoms with Gasteiger partial charge in [0.1, 0.15) is 23.7 Å². The number of para-hydroxylation sites is 1. The third-order valence-electron chi connectivity index (χ3n) is 2.60. The molecule has 1 aromatic carbocycles. The Morgan fingerprint density at radius 1 is 1.47 bits per heavy atom. The second kappa shape index (κ2) is 5.66. The second-order valence-corrected chi connectivity index (χ2v) is 4.40. The maximum atomic E-state index is 11.6. The van der Waals surface area contributed by atoms with Gasteiger partial charge >= 0.3 is 5.69 Å². The maximum Gasteiger partial charge on any atom is 0.345 e. The molecule has 0 atom stereocenters. The van der Waals surface area contributed by atoms with Crippen LogP contribution in [0.1, 0.15) is 5.56 Å². The third kappa shape index (κ3) is 3.00. The number of nitrogens with zero attached hydrogens (tertiary/aromatic N) is 3. The third-order valence-corrected chi connectivity index (χ3v) is 2.82. The van der Waals surface area contributed by atoms with Crippen molar-refractivity contribution in [2.45, 2.75) is 6.54 Å². The molecular formula is C12H14N4O2S. The topological polar surface area (TPSA) is 75.1 Å². The van der Waals surface area contributed by atoms with E-state index in [1.807, 2.05) is 12.1 Å². The number of ether oxygens (including phenoxy) is 1. The minimum Gasteiger partial charge on any atom is -0.491 e. The number of hydrogen-bond donors (Lipinski definition) is 1. The molecule has 7 heteroatoms. The highest BCUT2D eigenvalue weighted by atomic mass is 32.1. The summed E-state index contributed by atoms with van der Waals surface area (Å²) in [5.74, 6) is 0.610. The second-order valence-electron chi connectivity index (χ2n) is 3.96. The first kappa shape index (κ1) is 13.3. The molecule has 100 valence electrons. The molecule has 0 spiro atoms. The molecule has 0 radical (unpaired) electrons. The number of nitrogens with two attached hydrogens (primary N) is 1. The molecule has 0 aliphatic carbocycles. The lowest BCUT2D eigenvalue weighted by Crippen LogP contribution is -2.25. The highest BCUT2D eigenvalue weighted by molar-refractivity contribution is 7.80. The Bertz CT molecular complexity index is 647. The molecule has 1 aromatic heterocycles. The van der Waals surface area contributed by atoms with E-state index in [-0.39, 0.29) is 10.7 Å². The summed E-state index contributed by atoms with van der Waals surface area (Å²) in [5, 5.41) is 3.94. The lowest BCUT2D eigenvalue weighted by molar-refractivity contribution is 0.288. The van der Waals surface area contributed by atoms with Crippen LogP contribution in [0.5, 0.6) is 5.75 Å². The first-order chi connectivity index (χ1) is 9.09. The van der Waals surface area contributed by atoms with Crippen LogP contribution in [-0.2, 0) is 13.6 Å². The van der Waals surface area contributed by atoms with E-state index >= 15 is 0 Å². The average molecular weight is 278 g/mol. The first-order valence-electron chi connectivity index (χ1n) is 5.69. The van der Waals surface area contributed by atoms with Crippen LogP contribution in [0.3, 0.4) is 0 Å². The van der Waals surface area contributed by atoms with Crippen LogP contribution in [0.2, 0.25) is 0 Å². The van der Waals surface area contributed by atoms with Crippen LogP contribution in [-0.4, -0.2) is 25.9 Å². The minimum atomic E-state index is -0.175. The van der Waals surface area contributed by atoms with E-state index in [2.05, 4.69) is 5.10 Å². The van der Waals surface area contributed by atoms with Gasteiger partial charge in [-0.05, 0) is 12.1 Å². The van der Waals surface area contributed by atoms with Crippen molar-refractivity contribution in [1.82, 2.24) is 14.3 Å². The summed E-state index contributed by atoms with van der Waals surface area (Å²) >= 11 is 4.94. The molecule has 0 saturated carbocycles. The Labute approximate surface area is 115 Å². The zero-order valence-electron chi connectivity index (χ0n) is 10.4. The maximum absolute atomic E-state index is 11.6. The zero-order valence-corrected chi connectivity index (χ0v) is 11.3. The summed E-state index contributed by atoms with van der Waals surface area (Å²) in [6, 6.07) is 7.26. The Morgan fingerprint density at radius 3 is 2.84 bits per heavy atom. The fourth-order valence-electron chi connectivity index (χ4n) is 1.61. The molecule has 0 amide bonds. The predicted molar refractivity (Wildman–Crippen MR) is 75.3 cm³/mol. The van der Waals surface area contributed by atoms with Crippen molar-refractivity contribution >= 4 is 17.2 Å². The van der Waals surface area contributed by atoms with Gasteiger partial charge < -0.3 is 10.5 Å². The fraction of sp³-hybridized carbons (Fsp3) is 0.250. The smallest absolute Gasteiger partial charge is 0.345 e. The first-order valence-corrected chi connectivity index (χ1v) is 6.10. The molecule has 0 saturated heterocycles. The SMILES string of the molecule is Cn1cnn(CCOc2ccccc2C(N)=S)c1=O. The van der Waals surface area contributed by atoms with Gasteiger partial charge in [0, 0.05) is 7.05 Å². The molecule has 0 fully saturated rings. The van der Waals surface area contributed by atoms with Gasteiger partial charge in [-0.25, -0.2) is 9.48 Å². The van der Waals surface area contributed by atoms with Crippen molar-refractivity contribution in [3.05, 3.63) is 46.6 Å². The van der Waals surface area contributed by atoms with E-state index in [4.69, 9.17) is 22.7 Å². The number of rotatable bonds is 5. The summed E-state index contributed by atoms with van der Waals surface area (Å²) in [5.41, 5.74) is 6.12. The van der Waals surface area contributed by atoms with Gasteiger partial charge in [0.15, 0.2) is 0 Å². The number of hydrogen-bond acceptors (Lipinski definition) is 4. The number of benzene rings is 1. The Balaban J connectivity index is 2.02. The van der Waals surface area contributed by atoms with E-state index < -0.39 is 0 Å². The van der Waals surface area contributed by atoms with Crippen LogP contribution in [0.15, 0.2) is 35.4 Å². The molecule has 6 nitrogen and oxygen atoms in total. The number of thiocarbonyl (C=S) groups is 1. The van der Waals surface area contributed by atoms with Gasteiger partial charge in [-0.15, -0.1) is 0 Å². The van der Waals surface area contributed by atoms with E-state index in [0.717, 1.165) is 0 Å². The van der Waals surface area contributed by atoms with Gasteiger partial charge in [0.2, 0.25) is 0 Å². The van der Waals surface area contributed by atoms with Crippen molar-refractivity contribution in [2.75, 3.05) is 6.61 Å². The van der Waals surface area contributed by atoms with Crippen LogP contribution in [0.25, 0.3) is 0 Å². The van der Waals surface area contributed by atoms with Crippen LogP contribution < -0.4 is 16.2 Å². The molecule has 2 rings (SSSR count). The van der Waals surface area contributed by atoms with E-state index in [9.17, 15) is 4.79 Å². The fourth-order valence-corrected chi connectivity index (χ4v) is 1.78. The molecule has 2 aromatic rings. The lowest BCUT2D eigenvalue weighted by atomic mass is 10.2. The van der Waals surface area contributed by atoms with E-state index in [0.29, 0.717) is 24.5 Å². The lowest BCUT2D eigenvalue weighted by Gasteiger charge is -2.09. The Hall–Kier alpha value is -2.15. The summed E-state index contributed by atoms with van der Waals surface area (Å²) in [7, 11) is 1.65. The van der Waals surface area contributed by atoms with Gasteiger partial charge in [0.05, 0.1) is 12.1 Å². The molecule has 0 unspecified atom stereocenters. The molecular weight excluding hydrogens is 264 g/mol. The minimum absolute atomic E-state index is 0.175. The molecule has 1 heterocycles.